The van der Waals surface area contributed by atoms with E-state index in [9.17, 15) is 10.2 Å². The number of aryl methyl sites for hydroxylation is 1. The number of benzene rings is 2. The van der Waals surface area contributed by atoms with Crippen LogP contribution in [0.15, 0.2) is 42.5 Å². The summed E-state index contributed by atoms with van der Waals surface area (Å²) in [5, 5.41) is 22.0. The molecule has 2 rings (SSSR count). The standard InChI is InChI=1S/C14H13NO2S/c1-9-3-2-4-10(7-9)15-14(18)12-6-5-11(16)8-13(12)17/h2-8,16-17H,1H3,(H,15,18). The Bertz CT molecular complexity index is 596. The number of anilines is 1. The van der Waals surface area contributed by atoms with Crippen LogP contribution in [0.2, 0.25) is 0 Å². The molecule has 0 atom stereocenters. The molecule has 18 heavy (non-hydrogen) atoms. The molecular formula is C14H13NO2S. The highest BCUT2D eigenvalue weighted by atomic mass is 32.1. The summed E-state index contributed by atoms with van der Waals surface area (Å²) >= 11 is 5.22. The van der Waals surface area contributed by atoms with E-state index >= 15 is 0 Å². The van der Waals surface area contributed by atoms with E-state index in [1.807, 2.05) is 31.2 Å². The first-order valence-corrected chi connectivity index (χ1v) is 5.87. The predicted octanol–water partition coefficient (Wildman–Crippen LogP) is 3.19. The van der Waals surface area contributed by atoms with Crippen molar-refractivity contribution in [3.8, 4) is 11.5 Å². The largest absolute Gasteiger partial charge is 0.508 e. The van der Waals surface area contributed by atoms with Crippen molar-refractivity contribution in [2.45, 2.75) is 6.92 Å². The summed E-state index contributed by atoms with van der Waals surface area (Å²) in [5.41, 5.74) is 2.48. The third kappa shape index (κ3) is 2.78. The van der Waals surface area contributed by atoms with Gasteiger partial charge in [0.15, 0.2) is 0 Å². The molecule has 0 heterocycles. The van der Waals surface area contributed by atoms with Gasteiger partial charge in [0.1, 0.15) is 16.5 Å². The summed E-state index contributed by atoms with van der Waals surface area (Å²) < 4.78 is 0. The van der Waals surface area contributed by atoms with Gasteiger partial charge in [-0.3, -0.25) is 0 Å². The molecule has 0 fully saturated rings. The van der Waals surface area contributed by atoms with Crippen molar-refractivity contribution < 1.29 is 10.2 Å². The number of hydrogen-bond donors (Lipinski definition) is 3. The Labute approximate surface area is 111 Å². The molecule has 92 valence electrons. The Hall–Kier alpha value is -2.07. The maximum atomic E-state index is 9.71. The number of thiocarbonyl (C=S) groups is 1. The van der Waals surface area contributed by atoms with Gasteiger partial charge in [-0.1, -0.05) is 24.4 Å². The van der Waals surface area contributed by atoms with Gasteiger partial charge in [-0.2, -0.15) is 0 Å². The second kappa shape index (κ2) is 5.06. The number of phenolic OH excluding ortho intramolecular Hbond substituents is 2. The van der Waals surface area contributed by atoms with Crippen molar-refractivity contribution in [2.75, 3.05) is 5.32 Å². The second-order valence-electron chi connectivity index (χ2n) is 4.03. The van der Waals surface area contributed by atoms with Gasteiger partial charge in [0.2, 0.25) is 0 Å². The van der Waals surface area contributed by atoms with Crippen LogP contribution in [0.25, 0.3) is 0 Å². The van der Waals surface area contributed by atoms with Crippen LogP contribution >= 0.6 is 12.2 Å². The Morgan fingerprint density at radius 1 is 1.11 bits per heavy atom. The van der Waals surface area contributed by atoms with Crippen LogP contribution in [0, 0.1) is 6.92 Å². The summed E-state index contributed by atoms with van der Waals surface area (Å²) in [6.45, 7) is 1.99. The Morgan fingerprint density at radius 3 is 2.56 bits per heavy atom. The van der Waals surface area contributed by atoms with E-state index < -0.39 is 0 Å². The monoisotopic (exact) mass is 259 g/mol. The van der Waals surface area contributed by atoms with Crippen molar-refractivity contribution in [1.29, 1.82) is 0 Å². The van der Waals surface area contributed by atoms with Crippen LogP contribution < -0.4 is 5.32 Å². The molecule has 0 aliphatic heterocycles. The molecule has 0 aromatic heterocycles. The zero-order valence-electron chi connectivity index (χ0n) is 9.84. The third-order valence-corrected chi connectivity index (χ3v) is 2.82. The maximum absolute atomic E-state index is 9.71. The van der Waals surface area contributed by atoms with Crippen molar-refractivity contribution in [3.63, 3.8) is 0 Å². The summed E-state index contributed by atoms with van der Waals surface area (Å²) in [5.74, 6) is -0.0326. The summed E-state index contributed by atoms with van der Waals surface area (Å²) in [7, 11) is 0. The van der Waals surface area contributed by atoms with Crippen LogP contribution in [0.3, 0.4) is 0 Å². The molecular weight excluding hydrogens is 246 g/mol. The summed E-state index contributed by atoms with van der Waals surface area (Å²) in [4.78, 5) is 0.415. The quantitative estimate of drug-likeness (QED) is 0.725. The van der Waals surface area contributed by atoms with Gasteiger partial charge in [0.25, 0.3) is 0 Å². The molecule has 0 saturated carbocycles. The van der Waals surface area contributed by atoms with Crippen molar-refractivity contribution in [2.24, 2.45) is 0 Å². The Balaban J connectivity index is 2.22. The van der Waals surface area contributed by atoms with Crippen LogP contribution in [0.4, 0.5) is 5.69 Å². The van der Waals surface area contributed by atoms with E-state index in [4.69, 9.17) is 12.2 Å². The minimum Gasteiger partial charge on any atom is -0.508 e. The number of nitrogens with one attached hydrogen (secondary N) is 1. The van der Waals surface area contributed by atoms with Gasteiger partial charge < -0.3 is 15.5 Å². The van der Waals surface area contributed by atoms with Crippen LogP contribution in [0.1, 0.15) is 11.1 Å². The fourth-order valence-electron chi connectivity index (χ4n) is 1.63. The average Bonchev–Trinajstić information content (AvgIpc) is 2.28. The van der Waals surface area contributed by atoms with Crippen LogP contribution in [0.5, 0.6) is 11.5 Å². The molecule has 2 aromatic carbocycles. The lowest BCUT2D eigenvalue weighted by Gasteiger charge is -2.10. The van der Waals surface area contributed by atoms with E-state index in [1.54, 1.807) is 6.07 Å². The van der Waals surface area contributed by atoms with Crippen molar-refractivity contribution in [1.82, 2.24) is 0 Å². The number of hydrogen-bond acceptors (Lipinski definition) is 3. The summed E-state index contributed by atoms with van der Waals surface area (Å²) in [6, 6.07) is 12.1. The van der Waals surface area contributed by atoms with E-state index in [-0.39, 0.29) is 11.5 Å². The topological polar surface area (TPSA) is 52.5 Å². The lowest BCUT2D eigenvalue weighted by molar-refractivity contribution is 0.450. The molecule has 0 bridgehead atoms. The number of rotatable bonds is 2. The first kappa shape index (κ1) is 12.4. The van der Waals surface area contributed by atoms with Crippen molar-refractivity contribution in [3.05, 3.63) is 53.6 Å². The zero-order valence-corrected chi connectivity index (χ0v) is 10.7. The number of phenols is 2. The molecule has 0 spiro atoms. The molecule has 0 unspecified atom stereocenters. The van der Waals surface area contributed by atoms with E-state index in [1.165, 1.54) is 12.1 Å². The second-order valence-corrected chi connectivity index (χ2v) is 4.43. The predicted molar refractivity (Wildman–Crippen MR) is 76.3 cm³/mol. The minimum absolute atomic E-state index is 0.00889. The molecule has 0 aliphatic rings. The molecule has 3 N–H and O–H groups in total. The molecule has 0 aliphatic carbocycles. The highest BCUT2D eigenvalue weighted by molar-refractivity contribution is 7.81. The molecule has 0 saturated heterocycles. The van der Waals surface area contributed by atoms with E-state index in [0.717, 1.165) is 11.3 Å². The Kier molecular flexibility index (Phi) is 3.48. The fraction of sp³-hybridized carbons (Fsp3) is 0.0714. The van der Waals surface area contributed by atoms with Gasteiger partial charge in [-0.25, -0.2) is 0 Å². The molecule has 0 radical (unpaired) electrons. The Morgan fingerprint density at radius 2 is 1.89 bits per heavy atom. The molecule has 0 amide bonds. The maximum Gasteiger partial charge on any atom is 0.129 e. The molecule has 3 nitrogen and oxygen atoms in total. The van der Waals surface area contributed by atoms with Gasteiger partial charge in [0, 0.05) is 11.8 Å². The van der Waals surface area contributed by atoms with Gasteiger partial charge in [-0.15, -0.1) is 0 Å². The first-order valence-electron chi connectivity index (χ1n) is 5.46. The lowest BCUT2D eigenvalue weighted by atomic mass is 10.1. The fourth-order valence-corrected chi connectivity index (χ4v) is 1.92. The SMILES string of the molecule is Cc1cccc(NC(=S)c2ccc(O)cc2O)c1. The smallest absolute Gasteiger partial charge is 0.129 e. The normalized spacial score (nSPS) is 10.1. The minimum atomic E-state index is -0.0415. The molecule has 2 aromatic rings. The number of aromatic hydroxyl groups is 2. The van der Waals surface area contributed by atoms with E-state index in [2.05, 4.69) is 5.32 Å². The summed E-state index contributed by atoms with van der Waals surface area (Å²) in [6.07, 6.45) is 0. The van der Waals surface area contributed by atoms with Gasteiger partial charge in [-0.05, 0) is 36.8 Å². The highest BCUT2D eigenvalue weighted by Gasteiger charge is 2.08. The van der Waals surface area contributed by atoms with Gasteiger partial charge in [0.05, 0.1) is 5.56 Å². The van der Waals surface area contributed by atoms with Crippen molar-refractivity contribution >= 4 is 22.9 Å². The van der Waals surface area contributed by atoms with Crippen LogP contribution in [-0.4, -0.2) is 15.2 Å². The van der Waals surface area contributed by atoms with E-state index in [0.29, 0.717) is 10.6 Å². The first-order chi connectivity index (χ1) is 8.56. The lowest BCUT2D eigenvalue weighted by Crippen LogP contribution is -2.10. The average molecular weight is 259 g/mol. The zero-order chi connectivity index (χ0) is 13.1. The van der Waals surface area contributed by atoms with Crippen LogP contribution in [-0.2, 0) is 0 Å². The van der Waals surface area contributed by atoms with Gasteiger partial charge >= 0.3 is 0 Å². The molecule has 4 heteroatoms. The highest BCUT2D eigenvalue weighted by Crippen LogP contribution is 2.24. The third-order valence-electron chi connectivity index (χ3n) is 2.50.